The van der Waals surface area contributed by atoms with Gasteiger partial charge >= 0.3 is 0 Å². The molecule has 0 saturated carbocycles. The third-order valence-electron chi connectivity index (χ3n) is 5.45. The predicted octanol–water partition coefficient (Wildman–Crippen LogP) is 7.47. The van der Waals surface area contributed by atoms with Gasteiger partial charge in [-0.2, -0.15) is 8.42 Å². The highest BCUT2D eigenvalue weighted by Crippen LogP contribution is 2.42. The Kier molecular flexibility index (Phi) is 7.89. The van der Waals surface area contributed by atoms with Crippen LogP contribution in [0.2, 0.25) is 10.0 Å². The number of fused-ring (bicyclic) bond motifs is 1. The molecule has 0 radical (unpaired) electrons. The van der Waals surface area contributed by atoms with E-state index in [-0.39, 0.29) is 32.7 Å². The van der Waals surface area contributed by atoms with E-state index in [1.807, 2.05) is 0 Å². The number of carbonyl (C=O) groups excluding carboxylic acids is 1. The molecular weight excluding hydrogens is 553 g/mol. The van der Waals surface area contributed by atoms with Crippen molar-refractivity contribution < 1.29 is 27.6 Å². The lowest BCUT2D eigenvalue weighted by molar-refractivity contribution is 0.102. The number of phenolic OH excluding ortho intramolecular Hbond substituents is 1. The number of benzene rings is 4. The Labute approximate surface area is 228 Å². The summed E-state index contributed by atoms with van der Waals surface area (Å²) < 4.78 is 39.0. The third-order valence-corrected chi connectivity index (χ3v) is 7.00. The van der Waals surface area contributed by atoms with Gasteiger partial charge < -0.3 is 15.2 Å². The first-order valence-electron chi connectivity index (χ1n) is 11.2. The fourth-order valence-corrected chi connectivity index (χ4v) is 5.08. The molecule has 0 atom stereocenters. The molecule has 4 aromatic carbocycles. The lowest BCUT2D eigenvalue weighted by Gasteiger charge is -2.13. The molecule has 0 bridgehead atoms. The van der Waals surface area contributed by atoms with Crippen LogP contribution >= 0.6 is 23.2 Å². The van der Waals surface area contributed by atoms with Crippen LogP contribution in [0.3, 0.4) is 0 Å². The Balaban J connectivity index is 1.83. The Hall–Kier alpha value is -3.70. The summed E-state index contributed by atoms with van der Waals surface area (Å²) in [5.41, 5.74) is 0.168. The molecule has 12 heteroatoms. The predicted molar refractivity (Wildman–Crippen MR) is 146 cm³/mol. The number of halogens is 2. The van der Waals surface area contributed by atoms with Crippen molar-refractivity contribution in [2.24, 2.45) is 10.2 Å². The fourth-order valence-electron chi connectivity index (χ4n) is 3.75. The summed E-state index contributed by atoms with van der Waals surface area (Å²) in [5, 5.41) is 22.8. The van der Waals surface area contributed by atoms with Gasteiger partial charge in [-0.05, 0) is 55.1 Å². The zero-order valence-electron chi connectivity index (χ0n) is 20.1. The van der Waals surface area contributed by atoms with Crippen molar-refractivity contribution in [3.05, 3.63) is 81.8 Å². The number of hydrogen-bond acceptors (Lipinski definition) is 7. The summed E-state index contributed by atoms with van der Waals surface area (Å²) in [7, 11) is -4.69. The van der Waals surface area contributed by atoms with Gasteiger partial charge in [0.15, 0.2) is 5.75 Å². The Bertz CT molecular complexity index is 1710. The van der Waals surface area contributed by atoms with E-state index in [1.54, 1.807) is 56.3 Å². The highest BCUT2D eigenvalue weighted by molar-refractivity contribution is 7.86. The molecule has 1 amide bonds. The zero-order chi connectivity index (χ0) is 27.6. The van der Waals surface area contributed by atoms with E-state index in [0.29, 0.717) is 28.7 Å². The molecule has 0 saturated heterocycles. The number of rotatable bonds is 7. The Morgan fingerprint density at radius 1 is 1.03 bits per heavy atom. The maximum absolute atomic E-state index is 13.2. The number of azo groups is 1. The summed E-state index contributed by atoms with van der Waals surface area (Å²) in [6.45, 7) is 3.77. The second kappa shape index (κ2) is 11.0. The molecule has 0 aliphatic rings. The first-order chi connectivity index (χ1) is 18.0. The van der Waals surface area contributed by atoms with Crippen molar-refractivity contribution in [2.45, 2.75) is 18.7 Å². The number of anilines is 1. The summed E-state index contributed by atoms with van der Waals surface area (Å²) in [5.74, 6) is -0.820. The molecule has 0 unspecified atom stereocenters. The molecule has 4 rings (SSSR count). The second-order valence-corrected chi connectivity index (χ2v) is 10.3. The minimum Gasteiger partial charge on any atom is -0.505 e. The number of phenols is 1. The van der Waals surface area contributed by atoms with Crippen molar-refractivity contribution in [3.63, 3.8) is 0 Å². The van der Waals surface area contributed by atoms with Crippen LogP contribution in [0.15, 0.2) is 75.8 Å². The zero-order valence-corrected chi connectivity index (χ0v) is 22.4. The van der Waals surface area contributed by atoms with Crippen LogP contribution in [0.5, 0.6) is 11.5 Å². The molecule has 0 fully saturated rings. The van der Waals surface area contributed by atoms with E-state index in [0.717, 1.165) is 0 Å². The maximum atomic E-state index is 13.2. The monoisotopic (exact) mass is 573 g/mol. The van der Waals surface area contributed by atoms with Crippen LogP contribution in [0.4, 0.5) is 17.1 Å². The van der Waals surface area contributed by atoms with Gasteiger partial charge in [0.2, 0.25) is 0 Å². The van der Waals surface area contributed by atoms with Crippen molar-refractivity contribution in [2.75, 3.05) is 11.9 Å². The van der Waals surface area contributed by atoms with Crippen LogP contribution in [0.25, 0.3) is 10.8 Å². The lowest BCUT2D eigenvalue weighted by Crippen LogP contribution is -2.13. The molecule has 0 aliphatic heterocycles. The van der Waals surface area contributed by atoms with Crippen molar-refractivity contribution in [1.29, 1.82) is 0 Å². The number of nitrogens with one attached hydrogen (secondary N) is 1. The average molecular weight is 574 g/mol. The fraction of sp³-hybridized carbons (Fsp3) is 0.115. The van der Waals surface area contributed by atoms with Crippen LogP contribution in [0, 0.1) is 6.92 Å². The normalized spacial score (nSPS) is 11.7. The first-order valence-corrected chi connectivity index (χ1v) is 13.4. The van der Waals surface area contributed by atoms with E-state index in [4.69, 9.17) is 27.9 Å². The summed E-state index contributed by atoms with van der Waals surface area (Å²) in [6.07, 6.45) is 0. The smallest absolute Gasteiger partial charge is 0.296 e. The standard InChI is InChI=1S/C26H21Cl2N3O6S/c1-3-37-20-10-6-9-19(22(20)28)29-26(33)17-13-15-7-4-5-8-16(15)23(25(17)32)30-31-24-18(27)11-14(2)12-21(24)38(34,35)36/h4-13,32H,3H2,1-2H3,(H,29,33)(H,34,35,36). The van der Waals surface area contributed by atoms with Gasteiger partial charge in [0.1, 0.15) is 27.0 Å². The Morgan fingerprint density at radius 2 is 1.74 bits per heavy atom. The largest absolute Gasteiger partial charge is 0.505 e. The van der Waals surface area contributed by atoms with E-state index in [2.05, 4.69) is 15.5 Å². The molecule has 9 nitrogen and oxygen atoms in total. The molecule has 3 N–H and O–H groups in total. The van der Waals surface area contributed by atoms with Crippen LogP contribution in [-0.2, 0) is 10.1 Å². The molecular formula is C26H21Cl2N3O6S. The average Bonchev–Trinajstić information content (AvgIpc) is 2.85. The molecule has 4 aromatic rings. The summed E-state index contributed by atoms with van der Waals surface area (Å²) in [4.78, 5) is 12.7. The molecule has 0 heterocycles. The summed E-state index contributed by atoms with van der Waals surface area (Å²) in [6, 6.07) is 15.8. The SMILES string of the molecule is CCOc1cccc(NC(=O)c2cc3ccccc3c(N=Nc3c(Cl)cc(C)cc3S(=O)(=O)O)c2O)c1Cl. The van der Waals surface area contributed by atoms with Gasteiger partial charge in [-0.3, -0.25) is 9.35 Å². The van der Waals surface area contributed by atoms with Gasteiger partial charge in [-0.15, -0.1) is 10.2 Å². The number of hydrogen-bond donors (Lipinski definition) is 3. The third kappa shape index (κ3) is 5.58. The van der Waals surface area contributed by atoms with Crippen molar-refractivity contribution >= 4 is 67.1 Å². The van der Waals surface area contributed by atoms with Gasteiger partial charge in [0, 0.05) is 5.39 Å². The minimum absolute atomic E-state index is 0.0807. The summed E-state index contributed by atoms with van der Waals surface area (Å²) >= 11 is 12.6. The molecule has 196 valence electrons. The number of carbonyl (C=O) groups is 1. The van der Waals surface area contributed by atoms with E-state index < -0.39 is 26.7 Å². The van der Waals surface area contributed by atoms with Gasteiger partial charge in [0.05, 0.1) is 22.9 Å². The number of ether oxygens (including phenoxy) is 1. The van der Waals surface area contributed by atoms with Crippen molar-refractivity contribution in [3.8, 4) is 11.5 Å². The molecule has 0 aromatic heterocycles. The first kappa shape index (κ1) is 27.3. The molecule has 0 aliphatic carbocycles. The maximum Gasteiger partial charge on any atom is 0.296 e. The number of nitrogens with zero attached hydrogens (tertiary/aromatic N) is 2. The van der Waals surface area contributed by atoms with E-state index in [9.17, 15) is 22.9 Å². The number of amides is 1. The van der Waals surface area contributed by atoms with Crippen molar-refractivity contribution in [1.82, 2.24) is 0 Å². The van der Waals surface area contributed by atoms with Crippen LogP contribution < -0.4 is 10.1 Å². The van der Waals surface area contributed by atoms with Crippen LogP contribution in [0.1, 0.15) is 22.8 Å². The minimum atomic E-state index is -4.69. The Morgan fingerprint density at radius 3 is 2.45 bits per heavy atom. The highest BCUT2D eigenvalue weighted by atomic mass is 35.5. The van der Waals surface area contributed by atoms with Crippen LogP contribution in [-0.4, -0.2) is 30.6 Å². The quantitative estimate of drug-likeness (QED) is 0.155. The van der Waals surface area contributed by atoms with Gasteiger partial charge in [-0.1, -0.05) is 53.5 Å². The van der Waals surface area contributed by atoms with Gasteiger partial charge in [-0.25, -0.2) is 0 Å². The van der Waals surface area contributed by atoms with E-state index >= 15 is 0 Å². The van der Waals surface area contributed by atoms with E-state index in [1.165, 1.54) is 18.2 Å². The second-order valence-electron chi connectivity index (χ2n) is 8.12. The topological polar surface area (TPSA) is 138 Å². The number of aryl methyl sites for hydroxylation is 1. The lowest BCUT2D eigenvalue weighted by atomic mass is 10.0. The number of aromatic hydroxyl groups is 1. The van der Waals surface area contributed by atoms with Gasteiger partial charge in [0.25, 0.3) is 16.0 Å². The highest BCUT2D eigenvalue weighted by Gasteiger charge is 2.22. The molecule has 0 spiro atoms. The molecule has 38 heavy (non-hydrogen) atoms.